The van der Waals surface area contributed by atoms with Gasteiger partial charge in [-0.3, -0.25) is 0 Å². The molecule has 0 bridgehead atoms. The van der Waals surface area contributed by atoms with Crippen molar-refractivity contribution in [3.05, 3.63) is 59.7 Å². The van der Waals surface area contributed by atoms with Gasteiger partial charge in [-0.2, -0.15) is 0 Å². The minimum atomic E-state index is -0.998. The lowest BCUT2D eigenvalue weighted by Gasteiger charge is -2.15. The lowest BCUT2D eigenvalue weighted by molar-refractivity contribution is -0.0187. The molecule has 0 amide bonds. The first-order valence-corrected chi connectivity index (χ1v) is 8.35. The van der Waals surface area contributed by atoms with Crippen molar-refractivity contribution in [2.45, 2.75) is 19.4 Å². The van der Waals surface area contributed by atoms with Crippen LogP contribution >= 0.6 is 0 Å². The van der Waals surface area contributed by atoms with Gasteiger partial charge in [0.15, 0.2) is 5.88 Å². The van der Waals surface area contributed by atoms with Crippen LogP contribution in [0.25, 0.3) is 10.9 Å². The summed E-state index contributed by atoms with van der Waals surface area (Å²) >= 11 is 0. The predicted molar refractivity (Wildman–Crippen MR) is 101 cm³/mol. The second kappa shape index (κ2) is 6.00. The number of aliphatic hydroxyl groups is 1. The third-order valence-electron chi connectivity index (χ3n) is 4.11. The van der Waals surface area contributed by atoms with Gasteiger partial charge in [0.2, 0.25) is 0 Å². The van der Waals surface area contributed by atoms with E-state index in [0.29, 0.717) is 17.0 Å². The Hall–Kier alpha value is -3.12. The van der Waals surface area contributed by atoms with E-state index in [1.165, 1.54) is 0 Å². The van der Waals surface area contributed by atoms with Crippen LogP contribution in [0.2, 0.25) is 0 Å². The zero-order valence-electron chi connectivity index (χ0n) is 14.5. The first kappa shape index (κ1) is 16.4. The number of oxime groups is 1. The fourth-order valence-corrected chi connectivity index (χ4v) is 2.96. The number of aromatic hydroxyl groups is 1. The fraction of sp³-hybridized carbons (Fsp3) is 0.200. The van der Waals surface area contributed by atoms with Crippen LogP contribution < -0.4 is 0 Å². The predicted octanol–water partition coefficient (Wildman–Crippen LogP) is 3.50. The molecule has 3 aromatic rings. The molecule has 0 saturated heterocycles. The average Bonchev–Trinajstić information content (AvgIpc) is 3.10. The Morgan fingerprint density at radius 1 is 1.12 bits per heavy atom. The zero-order valence-corrected chi connectivity index (χ0v) is 14.5. The Bertz CT molecular complexity index is 1040. The molecule has 2 aromatic carbocycles. The van der Waals surface area contributed by atoms with E-state index in [1.54, 1.807) is 13.8 Å². The maximum Gasteiger partial charge on any atom is 0.199 e. The highest BCUT2D eigenvalue weighted by Crippen LogP contribution is 2.35. The largest absolute Gasteiger partial charge is 0.494 e. The maximum atomic E-state index is 10.5. The third kappa shape index (κ3) is 2.84. The molecule has 1 aliphatic rings. The van der Waals surface area contributed by atoms with Crippen molar-refractivity contribution in [1.82, 2.24) is 4.98 Å². The zero-order chi connectivity index (χ0) is 18.3. The molecule has 6 heteroatoms. The summed E-state index contributed by atoms with van der Waals surface area (Å²) in [7, 11) is 0. The van der Waals surface area contributed by atoms with Crippen molar-refractivity contribution in [2.75, 3.05) is 6.61 Å². The van der Waals surface area contributed by atoms with Gasteiger partial charge < -0.3 is 20.0 Å². The Morgan fingerprint density at radius 3 is 2.65 bits per heavy atom. The molecule has 132 valence electrons. The number of fused-ring (bicyclic) bond motifs is 2. The number of benzene rings is 2. The molecule has 26 heavy (non-hydrogen) atoms. The van der Waals surface area contributed by atoms with Gasteiger partial charge in [0.05, 0.1) is 16.9 Å². The second-order valence-electron chi connectivity index (χ2n) is 6.90. The van der Waals surface area contributed by atoms with Crippen LogP contribution in [0.1, 0.15) is 25.0 Å². The second-order valence-corrected chi connectivity index (χ2v) is 6.90. The molecule has 2 heterocycles. The summed E-state index contributed by atoms with van der Waals surface area (Å²) in [6.45, 7) is 3.35. The normalized spacial score (nSPS) is 15.3. The summed E-state index contributed by atoms with van der Waals surface area (Å²) in [6.07, 6.45) is 0. The number of aliphatic imine (C=N–C) groups is 1. The first-order chi connectivity index (χ1) is 12.4. The smallest absolute Gasteiger partial charge is 0.199 e. The van der Waals surface area contributed by atoms with Gasteiger partial charge >= 0.3 is 0 Å². The number of aromatic nitrogens is 1. The topological polar surface area (TPSA) is 90.2 Å². The SMILES string of the molecule is CC(C)(O)CON=C1C(c2c(O)[nH]c3ccccc23)=Nc2ccccc21. The van der Waals surface area contributed by atoms with Gasteiger partial charge in [0, 0.05) is 16.5 Å². The van der Waals surface area contributed by atoms with E-state index in [0.717, 1.165) is 22.2 Å². The van der Waals surface area contributed by atoms with Crippen molar-refractivity contribution < 1.29 is 15.1 Å². The monoisotopic (exact) mass is 349 g/mol. The molecular formula is C20H19N3O3. The quantitative estimate of drug-likeness (QED) is 0.630. The molecule has 0 atom stereocenters. The minimum Gasteiger partial charge on any atom is -0.494 e. The number of hydrogen-bond acceptors (Lipinski definition) is 5. The van der Waals surface area contributed by atoms with E-state index in [1.807, 2.05) is 48.5 Å². The highest BCUT2D eigenvalue weighted by Gasteiger charge is 2.29. The van der Waals surface area contributed by atoms with Crippen LogP contribution in [0, 0.1) is 0 Å². The third-order valence-corrected chi connectivity index (χ3v) is 4.11. The van der Waals surface area contributed by atoms with Gasteiger partial charge in [0.25, 0.3) is 0 Å². The van der Waals surface area contributed by atoms with E-state index in [-0.39, 0.29) is 12.5 Å². The Kier molecular flexibility index (Phi) is 3.77. The van der Waals surface area contributed by atoms with Crippen LogP contribution in [0.3, 0.4) is 0 Å². The molecule has 0 fully saturated rings. The molecular weight excluding hydrogens is 330 g/mol. The molecule has 3 N–H and O–H groups in total. The van der Waals surface area contributed by atoms with E-state index < -0.39 is 5.60 Å². The summed E-state index contributed by atoms with van der Waals surface area (Å²) in [5, 5.41) is 25.4. The number of para-hydroxylation sites is 2. The number of nitrogens with one attached hydrogen (secondary N) is 1. The van der Waals surface area contributed by atoms with E-state index in [9.17, 15) is 10.2 Å². The lowest BCUT2D eigenvalue weighted by atomic mass is 10.0. The molecule has 1 aromatic heterocycles. The molecule has 1 aliphatic heterocycles. The van der Waals surface area contributed by atoms with Crippen LogP contribution in [-0.2, 0) is 4.84 Å². The van der Waals surface area contributed by atoms with Gasteiger partial charge in [-0.05, 0) is 26.0 Å². The van der Waals surface area contributed by atoms with E-state index >= 15 is 0 Å². The number of H-pyrrole nitrogens is 1. The Labute approximate surface area is 150 Å². The maximum absolute atomic E-state index is 10.5. The summed E-state index contributed by atoms with van der Waals surface area (Å²) < 4.78 is 0. The minimum absolute atomic E-state index is 0.0351. The molecule has 0 spiro atoms. The number of nitrogens with zero attached hydrogens (tertiary/aromatic N) is 2. The van der Waals surface area contributed by atoms with Crippen molar-refractivity contribution in [1.29, 1.82) is 0 Å². The van der Waals surface area contributed by atoms with Crippen LogP contribution in [0.4, 0.5) is 5.69 Å². The Balaban J connectivity index is 1.83. The van der Waals surface area contributed by atoms with E-state index in [2.05, 4.69) is 15.1 Å². The summed E-state index contributed by atoms with van der Waals surface area (Å²) in [5.74, 6) is 0.0351. The summed E-state index contributed by atoms with van der Waals surface area (Å²) in [6, 6.07) is 15.2. The molecule has 0 radical (unpaired) electrons. The highest BCUT2D eigenvalue weighted by atomic mass is 16.6. The van der Waals surface area contributed by atoms with Gasteiger partial charge in [0.1, 0.15) is 18.0 Å². The standard InChI is InChI=1S/C20H19N3O3/c1-20(2,25)11-26-23-17-13-8-4-6-10-15(13)21-18(17)16-12-7-3-5-9-14(12)22-19(16)24/h3-10,22,24-25H,11H2,1-2H3. The van der Waals surface area contributed by atoms with Gasteiger partial charge in [-0.1, -0.05) is 41.6 Å². The van der Waals surface area contributed by atoms with Crippen molar-refractivity contribution in [3.63, 3.8) is 0 Å². The van der Waals surface area contributed by atoms with Crippen molar-refractivity contribution in [2.24, 2.45) is 10.1 Å². The molecule has 0 aliphatic carbocycles. The summed E-state index contributed by atoms with van der Waals surface area (Å²) in [4.78, 5) is 13.0. The van der Waals surface area contributed by atoms with Gasteiger partial charge in [-0.25, -0.2) is 4.99 Å². The van der Waals surface area contributed by atoms with Crippen LogP contribution in [0.15, 0.2) is 58.7 Å². The first-order valence-electron chi connectivity index (χ1n) is 8.35. The molecule has 4 rings (SSSR count). The molecule has 0 saturated carbocycles. The van der Waals surface area contributed by atoms with Gasteiger partial charge in [-0.15, -0.1) is 0 Å². The highest BCUT2D eigenvalue weighted by molar-refractivity contribution is 6.58. The van der Waals surface area contributed by atoms with E-state index in [4.69, 9.17) is 4.84 Å². The van der Waals surface area contributed by atoms with Crippen LogP contribution in [0.5, 0.6) is 5.88 Å². The average molecular weight is 349 g/mol. The van der Waals surface area contributed by atoms with Crippen molar-refractivity contribution in [3.8, 4) is 5.88 Å². The fourth-order valence-electron chi connectivity index (χ4n) is 2.96. The molecule has 6 nitrogen and oxygen atoms in total. The Morgan fingerprint density at radius 2 is 1.85 bits per heavy atom. The lowest BCUT2D eigenvalue weighted by Crippen LogP contribution is -2.25. The van der Waals surface area contributed by atoms with Crippen LogP contribution in [-0.4, -0.2) is 38.8 Å². The van der Waals surface area contributed by atoms with Crippen molar-refractivity contribution >= 4 is 28.0 Å². The number of aromatic amines is 1. The summed E-state index contributed by atoms with van der Waals surface area (Å²) in [5.41, 5.74) is 3.06. The molecule has 0 unspecified atom stereocenters. The number of rotatable bonds is 4. The number of hydrogen-bond donors (Lipinski definition) is 3.